The Morgan fingerprint density at radius 2 is 1.67 bits per heavy atom. The number of rotatable bonds is 11. The number of nitrogens with one attached hydrogen (secondary N) is 1. The van der Waals surface area contributed by atoms with Crippen molar-refractivity contribution in [3.63, 3.8) is 0 Å². The maximum Gasteiger partial charge on any atom is 0.244 e. The predicted molar refractivity (Wildman–Crippen MR) is 147 cm³/mol. The van der Waals surface area contributed by atoms with E-state index in [2.05, 4.69) is 5.32 Å². The van der Waals surface area contributed by atoms with Crippen LogP contribution in [0.5, 0.6) is 0 Å². The van der Waals surface area contributed by atoms with Crippen molar-refractivity contribution >= 4 is 62.3 Å². The molecule has 0 aromatic heterocycles. The first-order chi connectivity index (χ1) is 16.8. The zero-order chi connectivity index (χ0) is 27.2. The van der Waals surface area contributed by atoms with Crippen LogP contribution in [0.15, 0.2) is 36.4 Å². The highest BCUT2D eigenvalue weighted by atomic mass is 35.5. The van der Waals surface area contributed by atoms with E-state index in [0.717, 1.165) is 17.0 Å². The van der Waals surface area contributed by atoms with E-state index in [1.165, 1.54) is 11.0 Å². The molecule has 36 heavy (non-hydrogen) atoms. The number of carbonyl (C=O) groups excluding carboxylic acids is 2. The molecule has 0 heterocycles. The molecule has 0 fully saturated rings. The maximum absolute atomic E-state index is 13.7. The van der Waals surface area contributed by atoms with Gasteiger partial charge in [-0.3, -0.25) is 13.9 Å². The number of nitrogens with zero attached hydrogens (tertiary/aromatic N) is 2. The summed E-state index contributed by atoms with van der Waals surface area (Å²) in [4.78, 5) is 28.3. The molecule has 2 aromatic rings. The van der Waals surface area contributed by atoms with E-state index in [-0.39, 0.29) is 18.5 Å². The lowest BCUT2D eigenvalue weighted by atomic mass is 10.1. The van der Waals surface area contributed by atoms with Crippen LogP contribution in [0.1, 0.15) is 44.7 Å². The van der Waals surface area contributed by atoms with E-state index in [9.17, 15) is 18.0 Å². The van der Waals surface area contributed by atoms with E-state index in [1.807, 2.05) is 13.8 Å². The van der Waals surface area contributed by atoms with Crippen LogP contribution < -0.4 is 9.62 Å². The summed E-state index contributed by atoms with van der Waals surface area (Å²) in [6.07, 6.45) is 2.07. The molecule has 0 saturated carbocycles. The van der Waals surface area contributed by atoms with Gasteiger partial charge in [0.2, 0.25) is 21.8 Å². The zero-order valence-corrected chi connectivity index (χ0v) is 24.1. The minimum atomic E-state index is -3.86. The standard InChI is InChI=1S/C25H32Cl3N3O4S/c1-6-17(4)29-25(33)22(7-2)30(14-18-9-11-20(27)21(28)12-18)24(32)15-31(36(5,34)35)23-13-19(26)10-8-16(23)3/h8-13,17,22H,6-7,14-15H2,1-5H3,(H,29,33)/t17-,22-/m0/s1. The molecule has 2 amide bonds. The summed E-state index contributed by atoms with van der Waals surface area (Å²) in [5.41, 5.74) is 1.58. The van der Waals surface area contributed by atoms with Gasteiger partial charge in [-0.05, 0) is 62.1 Å². The Labute approximate surface area is 228 Å². The molecule has 1 N–H and O–H groups in total. The SMILES string of the molecule is CC[C@H](C)NC(=O)[C@H](CC)N(Cc1ccc(Cl)c(Cl)c1)C(=O)CN(c1cc(Cl)ccc1C)S(C)(=O)=O. The molecule has 2 rings (SSSR count). The maximum atomic E-state index is 13.7. The number of carbonyl (C=O) groups is 2. The molecule has 0 radical (unpaired) electrons. The Kier molecular flexibility index (Phi) is 10.9. The van der Waals surface area contributed by atoms with Crippen molar-refractivity contribution in [3.05, 3.63) is 62.6 Å². The molecular formula is C25H32Cl3N3O4S. The topological polar surface area (TPSA) is 86.8 Å². The van der Waals surface area contributed by atoms with Gasteiger partial charge in [-0.1, -0.05) is 60.8 Å². The van der Waals surface area contributed by atoms with Crippen LogP contribution in [0.4, 0.5) is 5.69 Å². The van der Waals surface area contributed by atoms with Gasteiger partial charge in [0.15, 0.2) is 0 Å². The third kappa shape index (κ3) is 8.00. The monoisotopic (exact) mass is 575 g/mol. The molecular weight excluding hydrogens is 545 g/mol. The number of anilines is 1. The highest BCUT2D eigenvalue weighted by Gasteiger charge is 2.32. The van der Waals surface area contributed by atoms with Crippen molar-refractivity contribution in [1.82, 2.24) is 10.2 Å². The summed E-state index contributed by atoms with van der Waals surface area (Å²) in [5.74, 6) is -0.859. The minimum absolute atomic E-state index is 0.0360. The van der Waals surface area contributed by atoms with E-state index in [1.54, 1.807) is 44.2 Å². The number of hydrogen-bond acceptors (Lipinski definition) is 4. The van der Waals surface area contributed by atoms with E-state index >= 15 is 0 Å². The van der Waals surface area contributed by atoms with Crippen LogP contribution in [0, 0.1) is 6.92 Å². The lowest BCUT2D eigenvalue weighted by Crippen LogP contribution is -2.53. The molecule has 2 aromatic carbocycles. The largest absolute Gasteiger partial charge is 0.352 e. The van der Waals surface area contributed by atoms with Gasteiger partial charge in [-0.25, -0.2) is 8.42 Å². The van der Waals surface area contributed by atoms with Crippen molar-refractivity contribution in [1.29, 1.82) is 0 Å². The van der Waals surface area contributed by atoms with Crippen molar-refractivity contribution < 1.29 is 18.0 Å². The Morgan fingerprint density at radius 3 is 2.22 bits per heavy atom. The van der Waals surface area contributed by atoms with Crippen LogP contribution in [0.3, 0.4) is 0 Å². The van der Waals surface area contributed by atoms with E-state index in [0.29, 0.717) is 38.3 Å². The summed E-state index contributed by atoms with van der Waals surface area (Å²) in [6.45, 7) is 6.88. The van der Waals surface area contributed by atoms with Crippen molar-refractivity contribution in [2.45, 2.75) is 59.2 Å². The van der Waals surface area contributed by atoms with Crippen molar-refractivity contribution in [2.75, 3.05) is 17.1 Å². The number of halogens is 3. The molecule has 0 spiro atoms. The predicted octanol–water partition coefficient (Wildman–Crippen LogP) is 5.44. The summed E-state index contributed by atoms with van der Waals surface area (Å²) in [5, 5.41) is 3.93. The third-order valence-electron chi connectivity index (χ3n) is 5.84. The summed E-state index contributed by atoms with van der Waals surface area (Å²) in [6, 6.07) is 8.86. The quantitative estimate of drug-likeness (QED) is 0.386. The molecule has 7 nitrogen and oxygen atoms in total. The normalized spacial score (nSPS) is 13.1. The Morgan fingerprint density at radius 1 is 1.00 bits per heavy atom. The lowest BCUT2D eigenvalue weighted by molar-refractivity contribution is -0.140. The molecule has 0 aliphatic heterocycles. The first kappa shape index (κ1) is 30.2. The fourth-order valence-corrected chi connectivity index (χ4v) is 5.03. The number of hydrogen-bond donors (Lipinski definition) is 1. The van der Waals surface area contributed by atoms with Gasteiger partial charge in [0, 0.05) is 17.6 Å². The van der Waals surface area contributed by atoms with Gasteiger partial charge in [0.25, 0.3) is 0 Å². The average Bonchev–Trinajstić information content (AvgIpc) is 2.80. The van der Waals surface area contributed by atoms with Gasteiger partial charge in [-0.2, -0.15) is 0 Å². The summed E-state index contributed by atoms with van der Waals surface area (Å²) >= 11 is 18.4. The zero-order valence-electron chi connectivity index (χ0n) is 21.0. The second-order valence-electron chi connectivity index (χ2n) is 8.71. The number of benzene rings is 2. The smallest absolute Gasteiger partial charge is 0.244 e. The van der Waals surface area contributed by atoms with E-state index in [4.69, 9.17) is 34.8 Å². The first-order valence-electron chi connectivity index (χ1n) is 11.6. The van der Waals surface area contributed by atoms with Gasteiger partial charge >= 0.3 is 0 Å². The Balaban J connectivity index is 2.51. The molecule has 2 atom stereocenters. The molecule has 0 unspecified atom stereocenters. The van der Waals surface area contributed by atoms with Crippen LogP contribution >= 0.6 is 34.8 Å². The fourth-order valence-electron chi connectivity index (χ4n) is 3.64. The molecule has 11 heteroatoms. The van der Waals surface area contributed by atoms with Crippen LogP contribution in [0.25, 0.3) is 0 Å². The molecule has 0 bridgehead atoms. The van der Waals surface area contributed by atoms with Gasteiger partial charge in [0.1, 0.15) is 12.6 Å². The van der Waals surface area contributed by atoms with Crippen molar-refractivity contribution in [2.24, 2.45) is 0 Å². The second kappa shape index (κ2) is 13.0. The van der Waals surface area contributed by atoms with Crippen LogP contribution in [-0.2, 0) is 26.2 Å². The number of sulfonamides is 1. The summed E-state index contributed by atoms with van der Waals surface area (Å²) < 4.78 is 26.5. The number of aryl methyl sites for hydroxylation is 1. The Hall–Kier alpha value is -2.00. The molecule has 0 saturated heterocycles. The Bertz CT molecular complexity index is 1210. The van der Waals surface area contributed by atoms with Crippen LogP contribution in [-0.4, -0.2) is 50.0 Å². The van der Waals surface area contributed by atoms with E-state index < -0.39 is 28.5 Å². The van der Waals surface area contributed by atoms with Gasteiger partial charge in [0.05, 0.1) is 22.0 Å². The van der Waals surface area contributed by atoms with Crippen molar-refractivity contribution in [3.8, 4) is 0 Å². The lowest BCUT2D eigenvalue weighted by Gasteiger charge is -2.33. The van der Waals surface area contributed by atoms with Crippen LogP contribution in [0.2, 0.25) is 15.1 Å². The summed E-state index contributed by atoms with van der Waals surface area (Å²) in [7, 11) is -3.86. The molecule has 0 aliphatic rings. The highest BCUT2D eigenvalue weighted by molar-refractivity contribution is 7.92. The second-order valence-corrected chi connectivity index (χ2v) is 11.9. The first-order valence-corrected chi connectivity index (χ1v) is 14.5. The minimum Gasteiger partial charge on any atom is -0.352 e. The molecule has 0 aliphatic carbocycles. The number of amides is 2. The fraction of sp³-hybridized carbons (Fsp3) is 0.440. The highest BCUT2D eigenvalue weighted by Crippen LogP contribution is 2.28. The van der Waals surface area contributed by atoms with Gasteiger partial charge < -0.3 is 10.2 Å². The third-order valence-corrected chi connectivity index (χ3v) is 7.94. The average molecular weight is 577 g/mol. The van der Waals surface area contributed by atoms with Gasteiger partial charge in [-0.15, -0.1) is 0 Å². The molecule has 198 valence electrons.